The minimum Gasteiger partial charge on any atom is -0.244 e. The van der Waals surface area contributed by atoms with E-state index in [0.29, 0.717) is 12.3 Å². The van der Waals surface area contributed by atoms with Gasteiger partial charge in [-0.1, -0.05) is 20.3 Å². The Balaban J connectivity index is 2.86. The molecule has 0 spiro atoms. The Morgan fingerprint density at radius 2 is 2.25 bits per heavy atom. The minimum absolute atomic E-state index is 0.620. The summed E-state index contributed by atoms with van der Waals surface area (Å²) in [5, 5.41) is 0. The Hall–Kier alpha value is -0.0700. The van der Waals surface area contributed by atoms with Gasteiger partial charge in [-0.05, 0) is 18.8 Å². The molecular weight excluding hydrogens is 103 g/mol. The van der Waals surface area contributed by atoms with Gasteiger partial charge in [-0.15, -0.1) is 0 Å². The highest BCUT2D eigenvalue weighted by atomic mass is 19.1. The van der Waals surface area contributed by atoms with E-state index in [2.05, 4.69) is 13.8 Å². The first-order valence-electron chi connectivity index (χ1n) is 3.23. The van der Waals surface area contributed by atoms with Gasteiger partial charge in [-0.3, -0.25) is 0 Å². The molecule has 0 bridgehead atoms. The van der Waals surface area contributed by atoms with E-state index < -0.39 is 0 Å². The van der Waals surface area contributed by atoms with E-state index in [1.54, 1.807) is 0 Å². The van der Waals surface area contributed by atoms with Crippen molar-refractivity contribution in [2.24, 2.45) is 5.92 Å². The lowest BCUT2D eigenvalue weighted by Crippen LogP contribution is -1.89. The molecule has 1 radical (unpaired) electrons. The van der Waals surface area contributed by atoms with E-state index in [0.717, 1.165) is 19.5 Å². The van der Waals surface area contributed by atoms with Crippen molar-refractivity contribution in [3.8, 4) is 0 Å². The van der Waals surface area contributed by atoms with Crippen molar-refractivity contribution >= 4 is 0 Å². The van der Waals surface area contributed by atoms with Gasteiger partial charge in [0.2, 0.25) is 0 Å². The maximum Gasteiger partial charge on any atom is 0.131 e. The molecule has 0 aliphatic rings. The first kappa shape index (κ1) is 7.93. The molecule has 0 aliphatic heterocycles. The molecular formula is C7H14F. The van der Waals surface area contributed by atoms with Gasteiger partial charge >= 0.3 is 0 Å². The molecule has 0 aromatic carbocycles. The lowest BCUT2D eigenvalue weighted by molar-refractivity contribution is 0.468. The summed E-state index contributed by atoms with van der Waals surface area (Å²) in [7, 11) is 0. The predicted octanol–water partition coefficient (Wildman–Crippen LogP) is 2.94. The summed E-state index contributed by atoms with van der Waals surface area (Å²) >= 11 is 0. The monoisotopic (exact) mass is 117 g/mol. The van der Waals surface area contributed by atoms with Gasteiger partial charge in [0.05, 0.1) is 0 Å². The van der Waals surface area contributed by atoms with Crippen LogP contribution in [0.2, 0.25) is 0 Å². The zero-order chi connectivity index (χ0) is 6.41. The van der Waals surface area contributed by atoms with Crippen LogP contribution in [-0.2, 0) is 0 Å². The van der Waals surface area contributed by atoms with Crippen LogP contribution in [0.4, 0.5) is 4.39 Å². The van der Waals surface area contributed by atoms with Crippen molar-refractivity contribution in [3.63, 3.8) is 0 Å². The van der Waals surface area contributed by atoms with Gasteiger partial charge in [0, 0.05) is 0 Å². The molecule has 0 aromatic heterocycles. The second-order valence-corrected chi connectivity index (χ2v) is 2.25. The van der Waals surface area contributed by atoms with E-state index in [-0.39, 0.29) is 0 Å². The van der Waals surface area contributed by atoms with Crippen LogP contribution in [0.25, 0.3) is 0 Å². The number of hydrogen-bond acceptors (Lipinski definition) is 0. The van der Waals surface area contributed by atoms with Crippen LogP contribution in [0.1, 0.15) is 33.1 Å². The average molecular weight is 117 g/mol. The number of rotatable bonds is 4. The van der Waals surface area contributed by atoms with Crippen LogP contribution < -0.4 is 0 Å². The summed E-state index contributed by atoms with van der Waals surface area (Å²) in [5.74, 6) is 0.682. The van der Waals surface area contributed by atoms with Gasteiger partial charge in [-0.2, -0.15) is 0 Å². The third-order valence-electron chi connectivity index (χ3n) is 1.47. The number of hydrogen-bond donors (Lipinski definition) is 0. The maximum absolute atomic E-state index is 11.4. The zero-order valence-electron chi connectivity index (χ0n) is 5.65. The van der Waals surface area contributed by atoms with Gasteiger partial charge in [0.25, 0.3) is 0 Å². The van der Waals surface area contributed by atoms with Crippen LogP contribution in [0.3, 0.4) is 0 Å². The third-order valence-corrected chi connectivity index (χ3v) is 1.47. The molecule has 0 N–H and O–H groups in total. The molecule has 8 heavy (non-hydrogen) atoms. The van der Waals surface area contributed by atoms with Gasteiger partial charge < -0.3 is 0 Å². The van der Waals surface area contributed by atoms with Crippen molar-refractivity contribution in [2.45, 2.75) is 33.1 Å². The van der Waals surface area contributed by atoms with E-state index >= 15 is 0 Å². The molecule has 0 rings (SSSR count). The Morgan fingerprint density at radius 3 is 2.62 bits per heavy atom. The molecule has 0 saturated carbocycles. The maximum atomic E-state index is 11.4. The fraction of sp³-hybridized carbons (Fsp3) is 0.857. The van der Waals surface area contributed by atoms with Crippen molar-refractivity contribution < 1.29 is 4.39 Å². The predicted molar refractivity (Wildman–Crippen MR) is 34.1 cm³/mol. The smallest absolute Gasteiger partial charge is 0.131 e. The Labute approximate surface area is 51.1 Å². The third kappa shape index (κ3) is 4.10. The molecule has 0 amide bonds. The molecule has 0 aromatic rings. The summed E-state index contributed by atoms with van der Waals surface area (Å²) in [4.78, 5) is 0. The van der Waals surface area contributed by atoms with Crippen molar-refractivity contribution in [1.29, 1.82) is 0 Å². The van der Waals surface area contributed by atoms with Crippen molar-refractivity contribution in [3.05, 3.63) is 6.67 Å². The zero-order valence-corrected chi connectivity index (χ0v) is 5.65. The van der Waals surface area contributed by atoms with Gasteiger partial charge in [0.1, 0.15) is 6.67 Å². The highest BCUT2D eigenvalue weighted by molar-refractivity contribution is 4.53. The standard InChI is InChI=1S/C7H14F/c1-3-7(2)5-4-6-8/h6-7H,3-5H2,1-2H3. The fourth-order valence-electron chi connectivity index (χ4n) is 0.552. The van der Waals surface area contributed by atoms with E-state index in [4.69, 9.17) is 0 Å². The van der Waals surface area contributed by atoms with Crippen LogP contribution in [-0.4, -0.2) is 0 Å². The van der Waals surface area contributed by atoms with E-state index in [1.165, 1.54) is 0 Å². The highest BCUT2D eigenvalue weighted by Crippen LogP contribution is 2.09. The Morgan fingerprint density at radius 1 is 1.62 bits per heavy atom. The Bertz CT molecular complexity index is 43.7. The fourth-order valence-corrected chi connectivity index (χ4v) is 0.552. The molecule has 0 saturated heterocycles. The SMILES string of the molecule is CCC(C)CC[CH]F. The second-order valence-electron chi connectivity index (χ2n) is 2.25. The van der Waals surface area contributed by atoms with E-state index in [1.807, 2.05) is 0 Å². The lowest BCUT2D eigenvalue weighted by Gasteiger charge is -2.03. The lowest BCUT2D eigenvalue weighted by atomic mass is 10.0. The summed E-state index contributed by atoms with van der Waals surface area (Å²) in [6, 6.07) is 0. The van der Waals surface area contributed by atoms with Crippen LogP contribution in [0, 0.1) is 12.6 Å². The van der Waals surface area contributed by atoms with Gasteiger partial charge in [0.15, 0.2) is 0 Å². The average Bonchev–Trinajstić information content (AvgIpc) is 1.83. The molecule has 49 valence electrons. The highest BCUT2D eigenvalue weighted by Gasteiger charge is 1.96. The molecule has 0 aliphatic carbocycles. The summed E-state index contributed by atoms with van der Waals surface area (Å²) < 4.78 is 11.4. The summed E-state index contributed by atoms with van der Waals surface area (Å²) in [6.45, 7) is 5.01. The topological polar surface area (TPSA) is 0 Å². The minimum atomic E-state index is 0.620. The molecule has 1 heteroatoms. The number of halogens is 1. The van der Waals surface area contributed by atoms with E-state index in [9.17, 15) is 4.39 Å². The molecule has 0 nitrogen and oxygen atoms in total. The van der Waals surface area contributed by atoms with Crippen LogP contribution in [0.5, 0.6) is 0 Å². The molecule has 1 atom stereocenters. The van der Waals surface area contributed by atoms with Crippen molar-refractivity contribution in [1.82, 2.24) is 0 Å². The summed E-state index contributed by atoms with van der Waals surface area (Å²) in [6.07, 6.45) is 2.77. The Kier molecular flexibility index (Phi) is 5.03. The molecule has 0 heterocycles. The second kappa shape index (κ2) is 5.07. The van der Waals surface area contributed by atoms with Gasteiger partial charge in [-0.25, -0.2) is 4.39 Å². The normalized spacial score (nSPS) is 13.9. The molecule has 0 fully saturated rings. The van der Waals surface area contributed by atoms with Crippen LogP contribution >= 0.6 is 0 Å². The first-order chi connectivity index (χ1) is 3.81. The first-order valence-corrected chi connectivity index (χ1v) is 3.23. The van der Waals surface area contributed by atoms with Crippen LogP contribution in [0.15, 0.2) is 0 Å². The summed E-state index contributed by atoms with van der Waals surface area (Å²) in [5.41, 5.74) is 0. The van der Waals surface area contributed by atoms with Crippen molar-refractivity contribution in [2.75, 3.05) is 0 Å². The quantitative estimate of drug-likeness (QED) is 0.531. The molecule has 1 unspecified atom stereocenters. The largest absolute Gasteiger partial charge is 0.244 e.